The number of aromatic nitrogens is 6. The van der Waals surface area contributed by atoms with E-state index in [9.17, 15) is 0 Å². The van der Waals surface area contributed by atoms with Crippen molar-refractivity contribution < 1.29 is 27.9 Å². The molecule has 0 aliphatic heterocycles. The van der Waals surface area contributed by atoms with E-state index in [-0.39, 0.29) is 5.28 Å². The first kappa shape index (κ1) is 62.3. The minimum Gasteiger partial charge on any atom is -0.456 e. The van der Waals surface area contributed by atoms with Crippen LogP contribution in [-0.2, 0) is 0 Å². The Hall–Kier alpha value is -11.9. The van der Waals surface area contributed by atoms with Crippen LogP contribution in [0.5, 0.6) is 0 Å². The molecule has 2 radical (unpaired) electrons. The monoisotopic (exact) mass is 1290 g/mol. The van der Waals surface area contributed by atoms with Gasteiger partial charge in [-0.3, -0.25) is 0 Å². The summed E-state index contributed by atoms with van der Waals surface area (Å²) in [7, 11) is 5.73. The van der Waals surface area contributed by atoms with Crippen molar-refractivity contribution in [3.63, 3.8) is 0 Å². The number of halogens is 1. The summed E-state index contributed by atoms with van der Waals surface area (Å²) in [5.74, 6) is 2.89. The maximum Gasteiger partial charge on any atom is 0.226 e. The van der Waals surface area contributed by atoms with E-state index < -0.39 is 11.2 Å². The van der Waals surface area contributed by atoms with Gasteiger partial charge in [0.05, 0.1) is 11.2 Å². The van der Waals surface area contributed by atoms with E-state index in [2.05, 4.69) is 106 Å². The fraction of sp³-hybridized carbons (Fsp3) is 0.0714. The lowest BCUT2D eigenvalue weighted by Crippen LogP contribution is -2.44. The molecule has 0 fully saturated rings. The van der Waals surface area contributed by atoms with Crippen LogP contribution in [-0.4, -0.2) is 59.2 Å². The van der Waals surface area contributed by atoms with Crippen LogP contribution in [0.2, 0.25) is 5.28 Å². The number of hydrogen-bond donors (Lipinski definition) is 2. The molecule has 472 valence electrons. The van der Waals surface area contributed by atoms with E-state index in [1.165, 1.54) is 0 Å². The predicted octanol–water partition coefficient (Wildman–Crippen LogP) is 20.7. The highest BCUT2D eigenvalue weighted by Gasteiger charge is 2.32. The zero-order valence-electron chi connectivity index (χ0n) is 53.7. The average Bonchev–Trinajstić information content (AvgIpc) is 1.61. The Morgan fingerprint density at radius 3 is 0.837 bits per heavy atom. The molecule has 14 heteroatoms. The van der Waals surface area contributed by atoms with E-state index in [0.717, 1.165) is 143 Å². The van der Waals surface area contributed by atoms with Crippen LogP contribution in [0.25, 0.3) is 167 Å². The highest BCUT2D eigenvalue weighted by Crippen LogP contribution is 2.38. The number of rotatable bonds is 8. The zero-order chi connectivity index (χ0) is 67.1. The maximum atomic E-state index is 9.10. The minimum atomic E-state index is -1.01. The van der Waals surface area contributed by atoms with Gasteiger partial charge in [0.15, 0.2) is 29.1 Å². The molecule has 0 unspecified atom stereocenters. The van der Waals surface area contributed by atoms with Crippen LogP contribution < -0.4 is 5.46 Å². The molecule has 2 N–H and O–H groups in total. The summed E-state index contributed by atoms with van der Waals surface area (Å²) in [5.41, 5.74) is 14.6. The van der Waals surface area contributed by atoms with Crippen LogP contribution in [0, 0.1) is 0 Å². The van der Waals surface area contributed by atoms with Gasteiger partial charge in [-0.15, -0.1) is 0 Å². The summed E-state index contributed by atoms with van der Waals surface area (Å²) in [6.07, 6.45) is 0. The van der Waals surface area contributed by atoms with Gasteiger partial charge in [0.25, 0.3) is 0 Å². The molecule has 0 amide bonds. The lowest BCUT2D eigenvalue weighted by molar-refractivity contribution is -0.107. The van der Waals surface area contributed by atoms with Gasteiger partial charge in [-0.2, -0.15) is 9.97 Å². The highest BCUT2D eigenvalue weighted by atomic mass is 35.5. The largest absolute Gasteiger partial charge is 0.456 e. The van der Waals surface area contributed by atoms with Gasteiger partial charge in [-0.25, -0.2) is 19.9 Å². The first-order chi connectivity index (χ1) is 47.6. The van der Waals surface area contributed by atoms with Gasteiger partial charge in [-0.05, 0) is 134 Å². The van der Waals surface area contributed by atoms with Crippen molar-refractivity contribution in [2.75, 3.05) is 0 Å². The van der Waals surface area contributed by atoms with Crippen molar-refractivity contribution in [2.45, 2.75) is 38.9 Å². The molecule has 0 saturated heterocycles. The molecule has 98 heavy (non-hydrogen) atoms. The first-order valence-corrected chi connectivity index (χ1v) is 32.3. The topological polar surface area (TPSA) is 170 Å². The van der Waals surface area contributed by atoms with Gasteiger partial charge >= 0.3 is 0 Å². The number of nitrogens with zero attached hydrogens (tertiary/aromatic N) is 6. The molecule has 18 aromatic rings. The fourth-order valence-electron chi connectivity index (χ4n) is 11.6. The second kappa shape index (κ2) is 26.0. The Kier molecular flexibility index (Phi) is 16.5. The smallest absolute Gasteiger partial charge is 0.226 e. The average molecular weight is 1300 g/mol. The molecule has 6 heterocycles. The fourth-order valence-corrected chi connectivity index (χ4v) is 11.7. The van der Waals surface area contributed by atoms with Crippen LogP contribution in [0.15, 0.2) is 297 Å². The molecule has 12 nitrogen and oxygen atoms in total. The van der Waals surface area contributed by atoms with Gasteiger partial charge < -0.3 is 27.9 Å². The van der Waals surface area contributed by atoms with E-state index in [1.54, 1.807) is 27.7 Å². The standard InChI is InChI=1S/C39H23N3O2.C21H12ClN3O.C18H11BO.C6H14O2/c1-2-8-25(9-3-1)37-40-38(42-39(41-37)28-19-21-32-30-11-5-7-13-34(30)44-36(32)23-28)26-16-14-24(15-17-26)27-18-20-31-29-10-4-6-12-33(29)43-35(31)22-27;22-21-24-19(13-6-2-1-3-7-13)23-20(25-21)14-10-11-16-15-8-4-5-9-17(15)26-18(16)12-14;19-14-8-5-12(6-9-14)13-7-10-16-15-3-1-2-4-17(15)20-18(16)11-13;1-5(2,7)6(3,4)8/h1-23H;1-12H;1-11H;7-8H,1-4H3. The highest BCUT2D eigenvalue weighted by molar-refractivity contribution is 6.32. The molecule has 0 atom stereocenters. The van der Waals surface area contributed by atoms with Gasteiger partial charge in [0.1, 0.15) is 52.5 Å². The molecule has 0 saturated carbocycles. The van der Waals surface area contributed by atoms with E-state index >= 15 is 0 Å². The second-order valence-electron chi connectivity index (χ2n) is 24.8. The molecule has 0 aliphatic rings. The van der Waals surface area contributed by atoms with E-state index in [4.69, 9.17) is 62.3 Å². The minimum absolute atomic E-state index is 0.165. The Balaban J connectivity index is 0.000000123. The lowest BCUT2D eigenvalue weighted by atomic mass is 9.90. The third-order valence-electron chi connectivity index (χ3n) is 17.6. The van der Waals surface area contributed by atoms with Crippen molar-refractivity contribution in [3.05, 3.63) is 284 Å². The zero-order valence-corrected chi connectivity index (χ0v) is 54.5. The van der Waals surface area contributed by atoms with Gasteiger partial charge in [0, 0.05) is 70.9 Å². The van der Waals surface area contributed by atoms with Crippen molar-refractivity contribution in [2.24, 2.45) is 0 Å². The summed E-state index contributed by atoms with van der Waals surface area (Å²) in [5, 5.41) is 27.2. The Labute approximate surface area is 569 Å². The predicted molar refractivity (Wildman–Crippen MR) is 396 cm³/mol. The van der Waals surface area contributed by atoms with Crippen LogP contribution in [0.1, 0.15) is 27.7 Å². The first-order valence-electron chi connectivity index (χ1n) is 32.0. The SMILES string of the molecule is CC(C)(O)C(C)(C)O.Clc1nc(-c2ccccc2)nc(-c2ccc3c(c2)oc2ccccc23)n1.[B]c1ccc(-c2ccc3c(c2)oc2ccccc23)cc1.c1ccc(-c2nc(-c3ccc(-c4ccc5c(c4)oc4ccccc45)cc3)nc(-c3ccc4c(c3)oc3ccccc34)n2)cc1. The van der Waals surface area contributed by atoms with Crippen molar-refractivity contribution in [1.29, 1.82) is 0 Å². The molecular weight excluding hydrogens is 1240 g/mol. The van der Waals surface area contributed by atoms with Gasteiger partial charge in [0.2, 0.25) is 5.28 Å². The van der Waals surface area contributed by atoms with E-state index in [0.29, 0.717) is 29.1 Å². The number of furan rings is 4. The normalized spacial score (nSPS) is 11.7. The third-order valence-corrected chi connectivity index (χ3v) is 17.7. The summed E-state index contributed by atoms with van der Waals surface area (Å²) in [4.78, 5) is 27.9. The molecule has 18 rings (SSSR count). The molecule has 0 bridgehead atoms. The van der Waals surface area contributed by atoms with Crippen molar-refractivity contribution in [3.8, 4) is 79.2 Å². The van der Waals surface area contributed by atoms with Crippen molar-refractivity contribution >= 4 is 113 Å². The van der Waals surface area contributed by atoms with E-state index in [1.807, 2.05) is 188 Å². The van der Waals surface area contributed by atoms with Crippen LogP contribution >= 0.6 is 11.6 Å². The molecule has 12 aromatic carbocycles. The Morgan fingerprint density at radius 1 is 0.255 bits per heavy atom. The molecule has 0 aliphatic carbocycles. The number of hydrogen-bond acceptors (Lipinski definition) is 12. The lowest BCUT2D eigenvalue weighted by Gasteiger charge is -2.31. The number of benzene rings is 12. The summed E-state index contributed by atoms with van der Waals surface area (Å²) in [6, 6.07) is 93.0. The molecule has 0 spiro atoms. The Bertz CT molecular complexity index is 5930. The maximum absolute atomic E-state index is 9.10. The summed E-state index contributed by atoms with van der Waals surface area (Å²) < 4.78 is 24.2. The van der Waals surface area contributed by atoms with Gasteiger partial charge in [-0.1, -0.05) is 212 Å². The molecular formula is C84H60BClN6O6. The summed E-state index contributed by atoms with van der Waals surface area (Å²) in [6.45, 7) is 6.31. The molecule has 6 aromatic heterocycles. The number of fused-ring (bicyclic) bond motifs is 12. The number of para-hydroxylation sites is 4. The second-order valence-corrected chi connectivity index (χ2v) is 25.2. The van der Waals surface area contributed by atoms with Crippen LogP contribution in [0.3, 0.4) is 0 Å². The van der Waals surface area contributed by atoms with Crippen LogP contribution in [0.4, 0.5) is 0 Å². The third kappa shape index (κ3) is 12.8. The quantitative estimate of drug-likeness (QED) is 0.138. The number of aliphatic hydroxyl groups is 2. The summed E-state index contributed by atoms with van der Waals surface area (Å²) >= 11 is 6.15. The Morgan fingerprint density at radius 2 is 0.490 bits per heavy atom. The van der Waals surface area contributed by atoms with Crippen molar-refractivity contribution in [1.82, 2.24) is 29.9 Å².